The minimum absolute atomic E-state index is 0.298. The predicted octanol–water partition coefficient (Wildman–Crippen LogP) is 4.23. The first kappa shape index (κ1) is 15.9. The number of thiocarbonyl (C=S) groups is 1. The maximum absolute atomic E-state index is 6.04. The standard InChI is InChI=1S/C17H17ClN4S/c1-13-5-2-3-8-16(13)21-22(10-9-19-12-22)17(23)20-15-7-4-6-14(18)11-15/h2-8,11-12,21H,9-10H2,1H3/p+1. The van der Waals surface area contributed by atoms with E-state index in [0.29, 0.717) is 14.7 Å². The maximum Gasteiger partial charge on any atom is 0.305 e. The van der Waals surface area contributed by atoms with E-state index in [1.54, 1.807) is 0 Å². The summed E-state index contributed by atoms with van der Waals surface area (Å²) in [5.74, 6) is 0. The van der Waals surface area contributed by atoms with E-state index in [-0.39, 0.29) is 0 Å². The summed E-state index contributed by atoms with van der Waals surface area (Å²) in [6, 6.07) is 15.7. The van der Waals surface area contributed by atoms with Gasteiger partial charge in [0.15, 0.2) is 0 Å². The molecule has 0 aliphatic carbocycles. The average Bonchev–Trinajstić information content (AvgIpc) is 3.00. The van der Waals surface area contributed by atoms with Gasteiger partial charge in [-0.25, -0.2) is 10.4 Å². The van der Waals surface area contributed by atoms with Crippen molar-refractivity contribution >= 4 is 46.6 Å². The van der Waals surface area contributed by atoms with Gasteiger partial charge in [0.2, 0.25) is 6.34 Å². The highest BCUT2D eigenvalue weighted by atomic mass is 35.5. The number of anilines is 2. The summed E-state index contributed by atoms with van der Waals surface area (Å²) >= 11 is 11.7. The lowest BCUT2D eigenvalue weighted by Gasteiger charge is -2.30. The van der Waals surface area contributed by atoms with E-state index in [0.717, 1.165) is 30.0 Å². The quantitative estimate of drug-likeness (QED) is 0.645. The van der Waals surface area contributed by atoms with Gasteiger partial charge in [0.1, 0.15) is 6.54 Å². The molecule has 0 saturated carbocycles. The van der Waals surface area contributed by atoms with Gasteiger partial charge in [-0.05, 0) is 36.8 Å². The topological polar surface area (TPSA) is 36.4 Å². The third-order valence-electron chi connectivity index (χ3n) is 3.76. The van der Waals surface area contributed by atoms with Crippen molar-refractivity contribution in [3.63, 3.8) is 0 Å². The van der Waals surface area contributed by atoms with E-state index < -0.39 is 0 Å². The molecule has 1 aliphatic heterocycles. The van der Waals surface area contributed by atoms with Crippen LogP contribution < -0.4 is 10.7 Å². The Morgan fingerprint density at radius 1 is 1.22 bits per heavy atom. The van der Waals surface area contributed by atoms with Gasteiger partial charge in [0.25, 0.3) is 0 Å². The van der Waals surface area contributed by atoms with Gasteiger partial charge >= 0.3 is 5.11 Å². The predicted molar refractivity (Wildman–Crippen MR) is 101 cm³/mol. The summed E-state index contributed by atoms with van der Waals surface area (Å²) in [6.07, 6.45) is 1.85. The molecule has 1 unspecified atom stereocenters. The summed E-state index contributed by atoms with van der Waals surface area (Å²) in [4.78, 5) is 4.37. The molecule has 0 spiro atoms. The van der Waals surface area contributed by atoms with E-state index in [1.165, 1.54) is 0 Å². The van der Waals surface area contributed by atoms with Crippen LogP contribution >= 0.6 is 23.8 Å². The van der Waals surface area contributed by atoms with Crippen LogP contribution in [0.1, 0.15) is 5.56 Å². The van der Waals surface area contributed by atoms with Crippen molar-refractivity contribution in [1.82, 2.24) is 0 Å². The van der Waals surface area contributed by atoms with E-state index >= 15 is 0 Å². The van der Waals surface area contributed by atoms with Crippen LogP contribution in [0.25, 0.3) is 0 Å². The minimum Gasteiger partial charge on any atom is -0.299 e. The van der Waals surface area contributed by atoms with Crippen molar-refractivity contribution in [2.45, 2.75) is 6.92 Å². The molecule has 3 rings (SSSR count). The number of hydrogen-bond donors (Lipinski definition) is 2. The number of nitrogens with zero attached hydrogens (tertiary/aromatic N) is 2. The van der Waals surface area contributed by atoms with Crippen LogP contribution in [0.5, 0.6) is 0 Å². The Hall–Kier alpha value is -1.95. The molecule has 0 saturated heterocycles. The Bertz CT molecular complexity index is 762. The molecule has 2 aromatic rings. The smallest absolute Gasteiger partial charge is 0.299 e. The normalized spacial score (nSPS) is 19.6. The number of halogens is 1. The monoisotopic (exact) mass is 345 g/mol. The molecule has 1 aliphatic rings. The van der Waals surface area contributed by atoms with E-state index in [4.69, 9.17) is 23.8 Å². The van der Waals surface area contributed by atoms with Crippen molar-refractivity contribution in [2.24, 2.45) is 4.99 Å². The molecule has 0 amide bonds. The number of quaternary nitrogens is 1. The number of rotatable bonds is 3. The number of hydrogen-bond acceptors (Lipinski definition) is 3. The van der Waals surface area contributed by atoms with Gasteiger partial charge in [-0.15, -0.1) is 4.59 Å². The largest absolute Gasteiger partial charge is 0.305 e. The molecule has 1 atom stereocenters. The second kappa shape index (κ2) is 6.66. The summed E-state index contributed by atoms with van der Waals surface area (Å²) < 4.78 is 0.298. The van der Waals surface area contributed by atoms with Crippen molar-refractivity contribution in [1.29, 1.82) is 0 Å². The zero-order valence-corrected chi connectivity index (χ0v) is 14.4. The Morgan fingerprint density at radius 2 is 2.04 bits per heavy atom. The number of para-hydroxylation sites is 1. The molecule has 0 bridgehead atoms. The Kier molecular flexibility index (Phi) is 4.61. The van der Waals surface area contributed by atoms with Crippen LogP contribution in [0.2, 0.25) is 5.02 Å². The van der Waals surface area contributed by atoms with Gasteiger partial charge in [-0.1, -0.05) is 35.9 Å². The first-order valence-electron chi connectivity index (χ1n) is 7.39. The molecule has 0 fully saturated rings. The van der Waals surface area contributed by atoms with E-state index in [2.05, 4.69) is 28.7 Å². The number of nitrogens with one attached hydrogen (secondary N) is 2. The first-order valence-corrected chi connectivity index (χ1v) is 8.17. The first-order chi connectivity index (χ1) is 11.1. The minimum atomic E-state index is 0.298. The fourth-order valence-electron chi connectivity index (χ4n) is 2.46. The SMILES string of the molecule is Cc1ccccc1N[N+]1(C(=S)Nc2cccc(Cl)c2)C=NCC1. The highest BCUT2D eigenvalue weighted by Crippen LogP contribution is 2.22. The molecular weight excluding hydrogens is 328 g/mol. The number of benzene rings is 2. The Labute approximate surface area is 146 Å². The van der Waals surface area contributed by atoms with Crippen LogP contribution in [0, 0.1) is 6.92 Å². The third kappa shape index (κ3) is 3.52. The van der Waals surface area contributed by atoms with Crippen molar-refractivity contribution in [2.75, 3.05) is 23.8 Å². The average molecular weight is 346 g/mol. The van der Waals surface area contributed by atoms with Gasteiger partial charge in [0.05, 0.1) is 12.2 Å². The van der Waals surface area contributed by atoms with E-state index in [9.17, 15) is 0 Å². The van der Waals surface area contributed by atoms with Crippen LogP contribution in [0.4, 0.5) is 11.4 Å². The highest BCUT2D eigenvalue weighted by Gasteiger charge is 2.36. The van der Waals surface area contributed by atoms with Gasteiger partial charge in [0, 0.05) is 22.9 Å². The van der Waals surface area contributed by atoms with E-state index in [1.807, 2.05) is 48.8 Å². The summed E-state index contributed by atoms with van der Waals surface area (Å²) in [6.45, 7) is 3.57. The number of aryl methyl sites for hydroxylation is 1. The molecule has 0 radical (unpaired) electrons. The zero-order chi connectivity index (χ0) is 16.3. The van der Waals surface area contributed by atoms with Crippen molar-refractivity contribution < 1.29 is 4.59 Å². The highest BCUT2D eigenvalue weighted by molar-refractivity contribution is 7.80. The summed E-state index contributed by atoms with van der Waals surface area (Å²) in [5.41, 5.74) is 6.58. The molecule has 1 heterocycles. The summed E-state index contributed by atoms with van der Waals surface area (Å²) in [7, 11) is 0. The second-order valence-electron chi connectivity index (χ2n) is 5.48. The Morgan fingerprint density at radius 3 is 2.74 bits per heavy atom. The molecule has 2 N–H and O–H groups in total. The van der Waals surface area contributed by atoms with Crippen molar-refractivity contribution in [3.8, 4) is 0 Å². The Balaban J connectivity index is 1.84. The van der Waals surface area contributed by atoms with Crippen LogP contribution in [-0.4, -0.2) is 29.1 Å². The second-order valence-corrected chi connectivity index (χ2v) is 6.30. The maximum atomic E-state index is 6.04. The fourth-order valence-corrected chi connectivity index (χ4v) is 2.95. The zero-order valence-electron chi connectivity index (χ0n) is 12.8. The third-order valence-corrected chi connectivity index (χ3v) is 4.43. The molecule has 23 heavy (non-hydrogen) atoms. The van der Waals surface area contributed by atoms with Crippen molar-refractivity contribution in [3.05, 3.63) is 59.1 Å². The molecule has 0 aromatic heterocycles. The lowest BCUT2D eigenvalue weighted by Crippen LogP contribution is -2.56. The van der Waals surface area contributed by atoms with Gasteiger partial charge in [-0.2, -0.15) is 0 Å². The lowest BCUT2D eigenvalue weighted by molar-refractivity contribution is -0.704. The molecule has 4 nitrogen and oxygen atoms in total. The lowest BCUT2D eigenvalue weighted by atomic mass is 10.2. The molecular formula is C17H18ClN4S+. The summed E-state index contributed by atoms with van der Waals surface area (Å²) in [5, 5.41) is 4.58. The van der Waals surface area contributed by atoms with Crippen LogP contribution in [0.3, 0.4) is 0 Å². The van der Waals surface area contributed by atoms with Crippen LogP contribution in [-0.2, 0) is 0 Å². The van der Waals surface area contributed by atoms with Gasteiger partial charge in [-0.3, -0.25) is 5.32 Å². The van der Waals surface area contributed by atoms with Gasteiger partial charge < -0.3 is 0 Å². The number of aliphatic imine (C=N–C) groups is 1. The fraction of sp³-hybridized carbons (Fsp3) is 0.176. The molecule has 118 valence electrons. The molecule has 2 aromatic carbocycles. The van der Waals surface area contributed by atoms with Crippen LogP contribution in [0.15, 0.2) is 53.5 Å². The molecule has 6 heteroatoms.